The Balaban J connectivity index is 1.98. The molecule has 0 amide bonds. The molecule has 0 atom stereocenters. The normalized spacial score (nSPS) is 10.5. The number of pyridine rings is 1. The second-order valence-corrected chi connectivity index (χ2v) is 4.62. The fourth-order valence-electron chi connectivity index (χ4n) is 1.96. The maximum Gasteiger partial charge on any atom is 0.344 e. The first kappa shape index (κ1) is 13.1. The SMILES string of the molecule is Cc1ccn2c(=O)cc(OC(=O)c3ccccc3)nc2c1. The van der Waals surface area contributed by atoms with E-state index in [4.69, 9.17) is 4.74 Å². The van der Waals surface area contributed by atoms with Crippen LogP contribution >= 0.6 is 0 Å². The predicted molar refractivity (Wildman–Crippen MR) is 77.6 cm³/mol. The summed E-state index contributed by atoms with van der Waals surface area (Å²) in [5.74, 6) is -0.543. The van der Waals surface area contributed by atoms with E-state index in [9.17, 15) is 9.59 Å². The molecule has 5 heteroatoms. The lowest BCUT2D eigenvalue weighted by atomic mass is 10.2. The predicted octanol–water partition coefficient (Wildman–Crippen LogP) is 2.22. The molecule has 1 aromatic carbocycles. The summed E-state index contributed by atoms with van der Waals surface area (Å²) in [6.45, 7) is 1.90. The molecule has 3 aromatic rings. The van der Waals surface area contributed by atoms with Crippen molar-refractivity contribution in [2.45, 2.75) is 6.92 Å². The molecule has 0 aliphatic carbocycles. The molecule has 0 aliphatic heterocycles. The standard InChI is InChI=1S/C16H12N2O3/c1-11-7-8-18-13(9-11)17-14(10-15(18)19)21-16(20)12-5-3-2-4-6-12/h2-10H,1H3. The second-order valence-electron chi connectivity index (χ2n) is 4.62. The monoisotopic (exact) mass is 280 g/mol. The van der Waals surface area contributed by atoms with E-state index >= 15 is 0 Å². The van der Waals surface area contributed by atoms with Crippen LogP contribution in [-0.4, -0.2) is 15.4 Å². The summed E-state index contributed by atoms with van der Waals surface area (Å²) in [4.78, 5) is 28.1. The molecule has 2 aromatic heterocycles. The molecular formula is C16H12N2O3. The Morgan fingerprint density at radius 2 is 1.90 bits per heavy atom. The highest BCUT2D eigenvalue weighted by atomic mass is 16.5. The van der Waals surface area contributed by atoms with Crippen LogP contribution in [0.3, 0.4) is 0 Å². The van der Waals surface area contributed by atoms with E-state index in [-0.39, 0.29) is 11.4 Å². The number of carbonyl (C=O) groups excluding carboxylic acids is 1. The van der Waals surface area contributed by atoms with Crippen molar-refractivity contribution < 1.29 is 9.53 Å². The van der Waals surface area contributed by atoms with Gasteiger partial charge in [-0.15, -0.1) is 0 Å². The summed E-state index contributed by atoms with van der Waals surface area (Å²) in [5.41, 5.74) is 1.52. The lowest BCUT2D eigenvalue weighted by Gasteiger charge is -2.05. The van der Waals surface area contributed by atoms with E-state index in [1.807, 2.05) is 13.0 Å². The second kappa shape index (κ2) is 5.20. The number of benzene rings is 1. The van der Waals surface area contributed by atoms with Crippen molar-refractivity contribution in [3.63, 3.8) is 0 Å². The summed E-state index contributed by atoms with van der Waals surface area (Å²) >= 11 is 0. The Morgan fingerprint density at radius 1 is 1.14 bits per heavy atom. The van der Waals surface area contributed by atoms with Gasteiger partial charge in [-0.2, -0.15) is 4.98 Å². The number of nitrogens with zero attached hydrogens (tertiary/aromatic N) is 2. The molecule has 2 heterocycles. The largest absolute Gasteiger partial charge is 0.404 e. The van der Waals surface area contributed by atoms with Crippen molar-refractivity contribution in [3.8, 4) is 5.88 Å². The van der Waals surface area contributed by atoms with Crippen LogP contribution in [0.5, 0.6) is 5.88 Å². The average molecular weight is 280 g/mol. The van der Waals surface area contributed by atoms with Gasteiger partial charge >= 0.3 is 5.97 Å². The lowest BCUT2D eigenvalue weighted by molar-refractivity contribution is 0.0727. The lowest BCUT2D eigenvalue weighted by Crippen LogP contribution is -2.17. The van der Waals surface area contributed by atoms with Gasteiger partial charge in [0.05, 0.1) is 11.6 Å². The number of hydrogen-bond acceptors (Lipinski definition) is 4. The number of fused-ring (bicyclic) bond motifs is 1. The molecule has 0 radical (unpaired) electrons. The smallest absolute Gasteiger partial charge is 0.344 e. The minimum Gasteiger partial charge on any atom is -0.404 e. The Morgan fingerprint density at radius 3 is 2.67 bits per heavy atom. The Hall–Kier alpha value is -2.95. The van der Waals surface area contributed by atoms with Gasteiger partial charge in [-0.1, -0.05) is 18.2 Å². The molecule has 0 unspecified atom stereocenters. The van der Waals surface area contributed by atoms with Gasteiger partial charge in [-0.05, 0) is 36.8 Å². The molecular weight excluding hydrogens is 268 g/mol. The Kier molecular flexibility index (Phi) is 3.23. The zero-order valence-electron chi connectivity index (χ0n) is 11.3. The van der Waals surface area contributed by atoms with E-state index in [2.05, 4.69) is 4.98 Å². The highest BCUT2D eigenvalue weighted by Crippen LogP contribution is 2.10. The number of esters is 1. The maximum absolute atomic E-state index is 12.0. The molecule has 0 N–H and O–H groups in total. The third-order valence-electron chi connectivity index (χ3n) is 3.01. The van der Waals surface area contributed by atoms with Gasteiger partial charge in [0.15, 0.2) is 0 Å². The first-order valence-corrected chi connectivity index (χ1v) is 6.41. The number of aromatic nitrogens is 2. The van der Waals surface area contributed by atoms with Gasteiger partial charge < -0.3 is 4.74 Å². The van der Waals surface area contributed by atoms with Crippen LogP contribution < -0.4 is 10.3 Å². The Labute approximate surface area is 120 Å². The van der Waals surface area contributed by atoms with Crippen molar-refractivity contribution in [3.05, 3.63) is 76.2 Å². The number of carbonyl (C=O) groups is 1. The van der Waals surface area contributed by atoms with Gasteiger partial charge in [0.1, 0.15) is 5.65 Å². The minimum atomic E-state index is -0.542. The highest BCUT2D eigenvalue weighted by molar-refractivity contribution is 5.90. The van der Waals surface area contributed by atoms with E-state index in [0.29, 0.717) is 11.2 Å². The van der Waals surface area contributed by atoms with Gasteiger partial charge in [-0.3, -0.25) is 9.20 Å². The summed E-state index contributed by atoms with van der Waals surface area (Å²) in [6.07, 6.45) is 1.64. The van der Waals surface area contributed by atoms with Crippen molar-refractivity contribution in [1.82, 2.24) is 9.38 Å². The van der Waals surface area contributed by atoms with Crippen LogP contribution in [0.2, 0.25) is 0 Å². The quantitative estimate of drug-likeness (QED) is 0.675. The number of hydrogen-bond donors (Lipinski definition) is 0. The third kappa shape index (κ3) is 2.67. The molecule has 3 rings (SSSR count). The first-order chi connectivity index (χ1) is 10.1. The van der Waals surface area contributed by atoms with Crippen LogP contribution in [0, 0.1) is 6.92 Å². The molecule has 0 saturated carbocycles. The first-order valence-electron chi connectivity index (χ1n) is 6.41. The van der Waals surface area contributed by atoms with E-state index in [0.717, 1.165) is 5.56 Å². The zero-order valence-corrected chi connectivity index (χ0v) is 11.3. The molecule has 0 fully saturated rings. The summed E-state index contributed by atoms with van der Waals surface area (Å²) in [5, 5.41) is 0. The van der Waals surface area contributed by atoms with E-state index < -0.39 is 5.97 Å². The molecule has 5 nitrogen and oxygen atoms in total. The number of aryl methyl sites for hydroxylation is 1. The average Bonchev–Trinajstić information content (AvgIpc) is 2.47. The Bertz CT molecular complexity index is 870. The van der Waals surface area contributed by atoms with Crippen LogP contribution in [0.15, 0.2) is 59.5 Å². The molecule has 104 valence electrons. The summed E-state index contributed by atoms with van der Waals surface area (Å²) in [7, 11) is 0. The topological polar surface area (TPSA) is 60.7 Å². The van der Waals surface area contributed by atoms with Crippen molar-refractivity contribution in [1.29, 1.82) is 0 Å². The third-order valence-corrected chi connectivity index (χ3v) is 3.01. The molecule has 0 saturated heterocycles. The zero-order chi connectivity index (χ0) is 14.8. The van der Waals surface area contributed by atoms with Crippen LogP contribution in [0.1, 0.15) is 15.9 Å². The molecule has 0 bridgehead atoms. The van der Waals surface area contributed by atoms with Crippen molar-refractivity contribution >= 4 is 11.6 Å². The fraction of sp³-hybridized carbons (Fsp3) is 0.0625. The molecule has 21 heavy (non-hydrogen) atoms. The van der Waals surface area contributed by atoms with Crippen LogP contribution in [0.25, 0.3) is 5.65 Å². The fourth-order valence-corrected chi connectivity index (χ4v) is 1.96. The maximum atomic E-state index is 12.0. The van der Waals surface area contributed by atoms with E-state index in [1.54, 1.807) is 42.6 Å². The van der Waals surface area contributed by atoms with Gasteiger partial charge in [0.2, 0.25) is 5.88 Å². The molecule has 0 spiro atoms. The number of ether oxygens (including phenoxy) is 1. The van der Waals surface area contributed by atoms with Crippen LogP contribution in [-0.2, 0) is 0 Å². The molecule has 0 aliphatic rings. The summed E-state index contributed by atoms with van der Waals surface area (Å²) < 4.78 is 6.56. The van der Waals surface area contributed by atoms with Gasteiger partial charge in [0.25, 0.3) is 5.56 Å². The highest BCUT2D eigenvalue weighted by Gasteiger charge is 2.10. The van der Waals surface area contributed by atoms with Gasteiger partial charge in [-0.25, -0.2) is 4.79 Å². The number of rotatable bonds is 2. The minimum absolute atomic E-state index is 0.000506. The van der Waals surface area contributed by atoms with E-state index in [1.165, 1.54) is 10.5 Å². The van der Waals surface area contributed by atoms with Gasteiger partial charge in [0, 0.05) is 6.20 Å². The van der Waals surface area contributed by atoms with Crippen molar-refractivity contribution in [2.75, 3.05) is 0 Å². The van der Waals surface area contributed by atoms with Crippen molar-refractivity contribution in [2.24, 2.45) is 0 Å². The summed E-state index contributed by atoms with van der Waals surface area (Å²) in [6, 6.07) is 13.3. The van der Waals surface area contributed by atoms with Crippen LogP contribution in [0.4, 0.5) is 0 Å².